The second-order valence-electron chi connectivity index (χ2n) is 2.13. The molecule has 3 nitrogen and oxygen atoms in total. The molecule has 58 valence electrons. The Morgan fingerprint density at radius 2 is 2.18 bits per heavy atom. The second-order valence-corrected chi connectivity index (χ2v) is 2.13. The molecule has 0 spiro atoms. The molecule has 0 aliphatic heterocycles. The summed E-state index contributed by atoms with van der Waals surface area (Å²) in [6, 6.07) is 5.78. The molecule has 4 heteroatoms. The van der Waals surface area contributed by atoms with Crippen LogP contribution in [-0.2, 0) is 0 Å². The van der Waals surface area contributed by atoms with E-state index in [1.54, 1.807) is 6.20 Å². The minimum absolute atomic E-state index is 0. The highest BCUT2D eigenvalue weighted by Gasteiger charge is 1.92. The Labute approximate surface area is 70.3 Å². The van der Waals surface area contributed by atoms with Crippen molar-refractivity contribution in [1.29, 1.82) is 0 Å². The average molecular weight is 170 g/mol. The number of nitrogens with two attached hydrogens (primary N) is 1. The fourth-order valence-electron chi connectivity index (χ4n) is 0.954. The first-order chi connectivity index (χ1) is 4.86. The standard InChI is InChI=1S/C7H7N3.ClH/c8-6-5-10-4-2-1-3-7(10)9-6;/h1-5H,8H2;1H. The summed E-state index contributed by atoms with van der Waals surface area (Å²) < 4.78 is 1.88. The lowest BCUT2D eigenvalue weighted by atomic mass is 10.5. The van der Waals surface area contributed by atoms with E-state index >= 15 is 0 Å². The minimum Gasteiger partial charge on any atom is -0.382 e. The van der Waals surface area contributed by atoms with Crippen molar-refractivity contribution in [3.8, 4) is 0 Å². The third-order valence-corrected chi connectivity index (χ3v) is 1.38. The van der Waals surface area contributed by atoms with Gasteiger partial charge in [-0.1, -0.05) is 6.07 Å². The van der Waals surface area contributed by atoms with E-state index in [2.05, 4.69) is 4.98 Å². The Morgan fingerprint density at radius 1 is 1.36 bits per heavy atom. The lowest BCUT2D eigenvalue weighted by Crippen LogP contribution is -1.80. The van der Waals surface area contributed by atoms with Crippen LogP contribution in [0.2, 0.25) is 0 Å². The monoisotopic (exact) mass is 169 g/mol. The lowest BCUT2D eigenvalue weighted by Gasteiger charge is -1.86. The molecule has 11 heavy (non-hydrogen) atoms. The number of nitrogens with zero attached hydrogens (tertiary/aromatic N) is 2. The number of anilines is 1. The summed E-state index contributed by atoms with van der Waals surface area (Å²) in [7, 11) is 0. The van der Waals surface area contributed by atoms with Gasteiger partial charge in [0.15, 0.2) is 0 Å². The zero-order chi connectivity index (χ0) is 6.97. The molecule has 0 saturated carbocycles. The third kappa shape index (κ3) is 1.28. The van der Waals surface area contributed by atoms with Crippen molar-refractivity contribution in [3.63, 3.8) is 0 Å². The van der Waals surface area contributed by atoms with Crippen molar-refractivity contribution < 1.29 is 0 Å². The second kappa shape index (κ2) is 2.80. The van der Waals surface area contributed by atoms with E-state index in [9.17, 15) is 0 Å². The molecule has 0 aliphatic carbocycles. The number of hydrogen-bond donors (Lipinski definition) is 1. The van der Waals surface area contributed by atoms with Crippen molar-refractivity contribution in [1.82, 2.24) is 9.38 Å². The van der Waals surface area contributed by atoms with Gasteiger partial charge in [0.05, 0.1) is 6.20 Å². The van der Waals surface area contributed by atoms with Crippen molar-refractivity contribution in [3.05, 3.63) is 30.6 Å². The van der Waals surface area contributed by atoms with Crippen molar-refractivity contribution >= 4 is 23.9 Å². The maximum Gasteiger partial charge on any atom is 0.142 e. The van der Waals surface area contributed by atoms with Gasteiger partial charge >= 0.3 is 0 Å². The molecule has 2 aromatic rings. The SMILES string of the molecule is Cl.Nc1cn2ccccc2n1. The van der Waals surface area contributed by atoms with Crippen LogP contribution in [0.3, 0.4) is 0 Å². The summed E-state index contributed by atoms with van der Waals surface area (Å²) in [5, 5.41) is 0. The topological polar surface area (TPSA) is 43.3 Å². The van der Waals surface area contributed by atoms with E-state index in [0.717, 1.165) is 5.65 Å². The largest absolute Gasteiger partial charge is 0.382 e. The van der Waals surface area contributed by atoms with Crippen LogP contribution in [0.25, 0.3) is 5.65 Å². The molecule has 0 aliphatic rings. The van der Waals surface area contributed by atoms with Crippen molar-refractivity contribution in [2.45, 2.75) is 0 Å². The predicted molar refractivity (Wildman–Crippen MR) is 46.9 cm³/mol. The van der Waals surface area contributed by atoms with Gasteiger partial charge in [-0.25, -0.2) is 4.98 Å². The normalized spacial score (nSPS) is 9.45. The van der Waals surface area contributed by atoms with Gasteiger partial charge in [0.25, 0.3) is 0 Å². The van der Waals surface area contributed by atoms with E-state index < -0.39 is 0 Å². The zero-order valence-electron chi connectivity index (χ0n) is 5.77. The van der Waals surface area contributed by atoms with Gasteiger partial charge in [0, 0.05) is 6.20 Å². The number of aromatic nitrogens is 2. The molecular weight excluding hydrogens is 162 g/mol. The highest BCUT2D eigenvalue weighted by Crippen LogP contribution is 2.03. The van der Waals surface area contributed by atoms with Gasteiger partial charge in [-0.2, -0.15) is 0 Å². The number of pyridine rings is 1. The maximum atomic E-state index is 5.46. The molecule has 2 N–H and O–H groups in total. The van der Waals surface area contributed by atoms with Crippen LogP contribution in [0.5, 0.6) is 0 Å². The highest BCUT2D eigenvalue weighted by molar-refractivity contribution is 5.85. The molecule has 0 aromatic carbocycles. The molecule has 0 amide bonds. The van der Waals surface area contributed by atoms with E-state index in [0.29, 0.717) is 5.82 Å². The van der Waals surface area contributed by atoms with Crippen LogP contribution in [0, 0.1) is 0 Å². The predicted octanol–water partition coefficient (Wildman–Crippen LogP) is 1.34. The number of hydrogen-bond acceptors (Lipinski definition) is 2. The smallest absolute Gasteiger partial charge is 0.142 e. The van der Waals surface area contributed by atoms with E-state index in [1.165, 1.54) is 0 Å². The summed E-state index contributed by atoms with van der Waals surface area (Å²) in [4.78, 5) is 4.05. The quantitative estimate of drug-likeness (QED) is 0.647. The summed E-state index contributed by atoms with van der Waals surface area (Å²) >= 11 is 0. The van der Waals surface area contributed by atoms with Crippen LogP contribution in [0.1, 0.15) is 0 Å². The summed E-state index contributed by atoms with van der Waals surface area (Å²) in [5.41, 5.74) is 6.35. The van der Waals surface area contributed by atoms with Gasteiger partial charge in [0.1, 0.15) is 11.5 Å². The Morgan fingerprint density at radius 3 is 2.91 bits per heavy atom. The molecule has 2 rings (SSSR count). The lowest BCUT2D eigenvalue weighted by molar-refractivity contribution is 1.19. The Balaban J connectivity index is 0.000000605. The highest BCUT2D eigenvalue weighted by atomic mass is 35.5. The van der Waals surface area contributed by atoms with Crippen LogP contribution in [0.15, 0.2) is 30.6 Å². The van der Waals surface area contributed by atoms with Crippen LogP contribution >= 0.6 is 12.4 Å². The van der Waals surface area contributed by atoms with E-state index in [4.69, 9.17) is 5.73 Å². The van der Waals surface area contributed by atoms with Crippen LogP contribution in [-0.4, -0.2) is 9.38 Å². The summed E-state index contributed by atoms with van der Waals surface area (Å²) in [6.07, 6.45) is 3.70. The van der Waals surface area contributed by atoms with E-state index in [1.807, 2.05) is 28.8 Å². The molecular formula is C7H8ClN3. The van der Waals surface area contributed by atoms with Gasteiger partial charge in [-0.3, -0.25) is 0 Å². The average Bonchev–Trinajstić information content (AvgIpc) is 2.27. The van der Waals surface area contributed by atoms with Gasteiger partial charge in [-0.15, -0.1) is 12.4 Å². The summed E-state index contributed by atoms with van der Waals surface area (Å²) in [5.74, 6) is 0.561. The van der Waals surface area contributed by atoms with Gasteiger partial charge in [0.2, 0.25) is 0 Å². The molecule has 0 unspecified atom stereocenters. The third-order valence-electron chi connectivity index (χ3n) is 1.38. The molecule has 0 atom stereocenters. The van der Waals surface area contributed by atoms with Crippen LogP contribution < -0.4 is 5.73 Å². The number of nitrogen functional groups attached to an aromatic ring is 1. The zero-order valence-corrected chi connectivity index (χ0v) is 6.58. The fourth-order valence-corrected chi connectivity index (χ4v) is 0.954. The number of halogens is 1. The molecule has 0 bridgehead atoms. The Bertz CT molecular complexity index is 322. The number of rotatable bonds is 0. The maximum absolute atomic E-state index is 5.46. The van der Waals surface area contributed by atoms with Gasteiger partial charge in [-0.05, 0) is 12.1 Å². The fraction of sp³-hybridized carbons (Fsp3) is 0. The first-order valence-corrected chi connectivity index (χ1v) is 3.05. The molecule has 0 radical (unpaired) electrons. The van der Waals surface area contributed by atoms with Crippen molar-refractivity contribution in [2.75, 3.05) is 5.73 Å². The first kappa shape index (κ1) is 7.88. The van der Waals surface area contributed by atoms with E-state index in [-0.39, 0.29) is 12.4 Å². The first-order valence-electron chi connectivity index (χ1n) is 3.05. The number of fused-ring (bicyclic) bond motifs is 1. The summed E-state index contributed by atoms with van der Waals surface area (Å²) in [6.45, 7) is 0. The molecule has 2 heterocycles. The minimum atomic E-state index is 0. The number of imidazole rings is 1. The van der Waals surface area contributed by atoms with Gasteiger partial charge < -0.3 is 10.1 Å². The van der Waals surface area contributed by atoms with Crippen molar-refractivity contribution in [2.24, 2.45) is 0 Å². The molecule has 2 aromatic heterocycles. The molecule has 0 saturated heterocycles. The van der Waals surface area contributed by atoms with Crippen LogP contribution in [0.4, 0.5) is 5.82 Å². The Hall–Kier alpha value is -1.22. The molecule has 0 fully saturated rings. The Kier molecular flexibility index (Phi) is 2.01.